The Bertz CT molecular complexity index is 989. The molecule has 7 nitrogen and oxygen atoms in total. The van der Waals surface area contributed by atoms with E-state index in [-0.39, 0.29) is 0 Å². The number of hydrogen-bond acceptors (Lipinski definition) is 6. The first-order valence-corrected chi connectivity index (χ1v) is 9.41. The molecule has 0 unspecified atom stereocenters. The summed E-state index contributed by atoms with van der Waals surface area (Å²) >= 11 is 0. The van der Waals surface area contributed by atoms with Crippen LogP contribution in [0.25, 0.3) is 0 Å². The predicted octanol–water partition coefficient (Wildman–Crippen LogP) is 4.29. The Balaban J connectivity index is 0.000000216. The molecule has 1 aliphatic rings. The minimum Gasteiger partial charge on any atom is -0.463 e. The molecule has 3 aromatic carbocycles. The molecular weight excluding hydrogens is 380 g/mol. The first-order valence-electron chi connectivity index (χ1n) is 9.41. The zero-order valence-corrected chi connectivity index (χ0v) is 16.7. The van der Waals surface area contributed by atoms with Gasteiger partial charge in [0.25, 0.3) is 6.47 Å². The van der Waals surface area contributed by atoms with Crippen LogP contribution in [0.5, 0.6) is 11.5 Å². The van der Waals surface area contributed by atoms with E-state index in [2.05, 4.69) is 20.4 Å². The monoisotopic (exact) mass is 404 g/mol. The molecule has 1 aliphatic heterocycles. The molecule has 0 radical (unpaired) electrons. The van der Waals surface area contributed by atoms with Crippen LogP contribution >= 0.6 is 0 Å². The molecule has 0 spiro atoms. The van der Waals surface area contributed by atoms with Crippen molar-refractivity contribution in [1.82, 2.24) is 0 Å². The van der Waals surface area contributed by atoms with E-state index in [4.69, 9.17) is 10.5 Å². The highest BCUT2D eigenvalue weighted by Crippen LogP contribution is 2.31. The number of fused-ring (bicyclic) bond motifs is 1. The van der Waals surface area contributed by atoms with Crippen molar-refractivity contribution in [3.05, 3.63) is 78.4 Å². The van der Waals surface area contributed by atoms with Crippen LogP contribution in [0.4, 0.5) is 17.1 Å². The number of amidine groups is 1. The number of carbonyl (C=O) groups excluding carboxylic acids is 1. The van der Waals surface area contributed by atoms with E-state index in [1.807, 2.05) is 72.8 Å². The van der Waals surface area contributed by atoms with Gasteiger partial charge in [0.05, 0.1) is 17.9 Å². The molecule has 0 amide bonds. The summed E-state index contributed by atoms with van der Waals surface area (Å²) in [6, 6.07) is 22.7. The lowest BCUT2D eigenvalue weighted by atomic mass is 10.2. The van der Waals surface area contributed by atoms with Crippen LogP contribution in [0.15, 0.2) is 77.8 Å². The summed E-state index contributed by atoms with van der Waals surface area (Å²) in [6.07, 6.45) is 0. The summed E-state index contributed by atoms with van der Waals surface area (Å²) in [5.74, 6) is 2.43. The fraction of sp³-hybridized carbons (Fsp3) is 0.130. The van der Waals surface area contributed by atoms with Gasteiger partial charge in [0.15, 0.2) is 0 Å². The highest BCUT2D eigenvalue weighted by Gasteiger charge is 2.13. The average Bonchev–Trinajstić information content (AvgIpc) is 2.80. The van der Waals surface area contributed by atoms with Gasteiger partial charge >= 0.3 is 0 Å². The Labute approximate surface area is 175 Å². The Morgan fingerprint density at radius 2 is 1.73 bits per heavy atom. The van der Waals surface area contributed by atoms with Crippen molar-refractivity contribution < 1.29 is 14.3 Å². The molecule has 3 aromatic rings. The summed E-state index contributed by atoms with van der Waals surface area (Å²) in [6.45, 7) is 1.53. The lowest BCUT2D eigenvalue weighted by Crippen LogP contribution is -2.27. The number of nitrogens with two attached hydrogens (primary N) is 1. The zero-order chi connectivity index (χ0) is 21.2. The lowest BCUT2D eigenvalue weighted by Gasteiger charge is -2.22. The molecule has 0 bridgehead atoms. The summed E-state index contributed by atoms with van der Waals surface area (Å²) in [7, 11) is 1.77. The maximum absolute atomic E-state index is 9.76. The van der Waals surface area contributed by atoms with Crippen molar-refractivity contribution in [1.29, 1.82) is 0 Å². The van der Waals surface area contributed by atoms with Crippen molar-refractivity contribution in [2.45, 2.75) is 6.61 Å². The topological polar surface area (TPSA) is 98.0 Å². The number of hydrogen-bond donors (Lipinski definition) is 3. The standard InChI is InChI=1S/C15H16N4O.C8H8O2/c1-17-15-9-18-13-7-6-12(8-14(13)19-15)20-11-4-2-10(16)3-5-11;9-7-10-6-8-4-2-1-3-5-8/h2-8,18H,9,16H2,1H3,(H,17,19);1-5,7H,6H2. The second-order valence-electron chi connectivity index (χ2n) is 6.42. The first kappa shape index (κ1) is 20.7. The van der Waals surface area contributed by atoms with Gasteiger partial charge in [-0.2, -0.15) is 0 Å². The van der Waals surface area contributed by atoms with Crippen molar-refractivity contribution in [2.75, 3.05) is 30.0 Å². The third-order valence-electron chi connectivity index (χ3n) is 4.26. The average molecular weight is 404 g/mol. The van der Waals surface area contributed by atoms with Gasteiger partial charge in [-0.05, 0) is 42.0 Å². The number of anilines is 3. The summed E-state index contributed by atoms with van der Waals surface area (Å²) in [4.78, 5) is 13.9. The Hall–Kier alpha value is -4.00. The molecule has 4 rings (SSSR count). The van der Waals surface area contributed by atoms with Crippen molar-refractivity contribution >= 4 is 29.4 Å². The van der Waals surface area contributed by atoms with Crippen LogP contribution in [0.1, 0.15) is 5.56 Å². The first-order chi connectivity index (χ1) is 14.7. The largest absolute Gasteiger partial charge is 0.463 e. The van der Waals surface area contributed by atoms with Gasteiger partial charge in [0, 0.05) is 18.8 Å². The van der Waals surface area contributed by atoms with Crippen LogP contribution < -0.4 is 21.1 Å². The van der Waals surface area contributed by atoms with E-state index < -0.39 is 0 Å². The van der Waals surface area contributed by atoms with E-state index >= 15 is 0 Å². The van der Waals surface area contributed by atoms with Gasteiger partial charge in [-0.15, -0.1) is 0 Å². The molecule has 4 N–H and O–H groups in total. The van der Waals surface area contributed by atoms with Crippen LogP contribution in [-0.4, -0.2) is 25.9 Å². The number of nitrogens with zero attached hydrogens (tertiary/aromatic N) is 1. The maximum Gasteiger partial charge on any atom is 0.293 e. The molecule has 30 heavy (non-hydrogen) atoms. The fourth-order valence-electron chi connectivity index (χ4n) is 2.73. The molecule has 154 valence electrons. The minimum atomic E-state index is 0.365. The molecule has 0 aromatic heterocycles. The van der Waals surface area contributed by atoms with Crippen molar-refractivity contribution in [2.24, 2.45) is 4.99 Å². The van der Waals surface area contributed by atoms with Crippen LogP contribution in [0.2, 0.25) is 0 Å². The molecule has 0 fully saturated rings. The molecule has 0 saturated carbocycles. The number of ether oxygens (including phenoxy) is 2. The van der Waals surface area contributed by atoms with Crippen molar-refractivity contribution in [3.8, 4) is 11.5 Å². The number of carbonyl (C=O) groups is 1. The molecule has 1 heterocycles. The predicted molar refractivity (Wildman–Crippen MR) is 120 cm³/mol. The number of aliphatic imine (C=N–C) groups is 1. The quantitative estimate of drug-likeness (QED) is 0.434. The van der Waals surface area contributed by atoms with Gasteiger partial charge in [0.1, 0.15) is 23.9 Å². The number of rotatable bonds is 5. The normalized spacial score (nSPS) is 13.0. The lowest BCUT2D eigenvalue weighted by molar-refractivity contribution is -0.129. The third-order valence-corrected chi connectivity index (χ3v) is 4.26. The Kier molecular flexibility index (Phi) is 7.27. The second-order valence-corrected chi connectivity index (χ2v) is 6.42. The van der Waals surface area contributed by atoms with Crippen LogP contribution in [-0.2, 0) is 16.1 Å². The van der Waals surface area contributed by atoms with Gasteiger partial charge < -0.3 is 25.8 Å². The van der Waals surface area contributed by atoms with E-state index in [9.17, 15) is 4.79 Å². The molecule has 7 heteroatoms. The van der Waals surface area contributed by atoms with Crippen LogP contribution in [0, 0.1) is 0 Å². The molecule has 0 aliphatic carbocycles. The highest BCUT2D eigenvalue weighted by atomic mass is 16.5. The van der Waals surface area contributed by atoms with Gasteiger partial charge in [0.2, 0.25) is 0 Å². The van der Waals surface area contributed by atoms with Crippen LogP contribution in [0.3, 0.4) is 0 Å². The Morgan fingerprint density at radius 3 is 2.43 bits per heavy atom. The smallest absolute Gasteiger partial charge is 0.293 e. The third kappa shape index (κ3) is 6.00. The molecule has 0 atom stereocenters. The van der Waals surface area contributed by atoms with E-state index in [0.29, 0.717) is 19.6 Å². The molecular formula is C23H24N4O3. The SMILES string of the molecule is CN=C1CNc2ccc(Oc3ccc(N)cc3)cc2N1.O=COCc1ccccc1. The second kappa shape index (κ2) is 10.5. The van der Waals surface area contributed by atoms with Gasteiger partial charge in [-0.1, -0.05) is 30.3 Å². The van der Waals surface area contributed by atoms with E-state index in [1.165, 1.54) is 0 Å². The summed E-state index contributed by atoms with van der Waals surface area (Å²) in [5.41, 5.74) is 9.39. The van der Waals surface area contributed by atoms with Crippen molar-refractivity contribution in [3.63, 3.8) is 0 Å². The summed E-state index contributed by atoms with van der Waals surface area (Å²) < 4.78 is 10.3. The fourth-order valence-corrected chi connectivity index (χ4v) is 2.73. The Morgan fingerprint density at radius 1 is 1.00 bits per heavy atom. The van der Waals surface area contributed by atoms with E-state index in [0.717, 1.165) is 40.0 Å². The zero-order valence-electron chi connectivity index (χ0n) is 16.7. The number of nitrogens with one attached hydrogen (secondary N) is 2. The van der Waals surface area contributed by atoms with Gasteiger partial charge in [-0.25, -0.2) is 0 Å². The summed E-state index contributed by atoms with van der Waals surface area (Å²) in [5, 5.41) is 6.57. The highest BCUT2D eigenvalue weighted by molar-refractivity contribution is 6.04. The number of benzene rings is 3. The number of nitrogen functional groups attached to an aromatic ring is 1. The minimum absolute atomic E-state index is 0.365. The van der Waals surface area contributed by atoms with Gasteiger partial charge in [-0.3, -0.25) is 9.79 Å². The molecule has 0 saturated heterocycles. The maximum atomic E-state index is 9.76. The van der Waals surface area contributed by atoms with E-state index in [1.54, 1.807) is 7.05 Å².